The average molecular weight is 294 g/mol. The second-order valence-electron chi connectivity index (χ2n) is 2.69. The molecule has 1 aromatic carbocycles. The Morgan fingerprint density at radius 1 is 1.38 bits per heavy atom. The summed E-state index contributed by atoms with van der Waals surface area (Å²) in [5.74, 6) is 0.574. The fourth-order valence-electron chi connectivity index (χ4n) is 1.22. The van der Waals surface area contributed by atoms with Crippen molar-refractivity contribution in [2.75, 3.05) is 0 Å². The van der Waals surface area contributed by atoms with Crippen molar-refractivity contribution in [2.24, 2.45) is 0 Å². The Hall–Kier alpha value is 0.300. The van der Waals surface area contributed by atoms with Crippen molar-refractivity contribution in [1.82, 2.24) is 0 Å². The van der Waals surface area contributed by atoms with Crippen LogP contribution in [-0.2, 0) is 5.88 Å². The zero-order valence-electron chi connectivity index (χ0n) is 6.55. The van der Waals surface area contributed by atoms with Gasteiger partial charge < -0.3 is 0 Å². The van der Waals surface area contributed by atoms with Gasteiger partial charge in [-0.2, -0.15) is 0 Å². The lowest BCUT2D eigenvalue weighted by atomic mass is 10.2. The zero-order chi connectivity index (χ0) is 9.42. The molecule has 0 nitrogen and oxygen atoms in total. The zero-order valence-corrected chi connectivity index (χ0v) is 10.6. The Balaban J connectivity index is 2.75. The Morgan fingerprint density at radius 2 is 2.15 bits per heavy atom. The molecule has 0 amide bonds. The van der Waals surface area contributed by atoms with Crippen molar-refractivity contribution in [1.29, 1.82) is 0 Å². The van der Waals surface area contributed by atoms with E-state index < -0.39 is 0 Å². The van der Waals surface area contributed by atoms with E-state index in [2.05, 4.69) is 40.7 Å². The second-order valence-corrected chi connectivity index (χ2v) is 5.49. The number of hydrogen-bond acceptors (Lipinski definition) is 2. The highest BCUT2D eigenvalue weighted by molar-refractivity contribution is 9.10. The Bertz CT molecular complexity index is 450. The monoisotopic (exact) mass is 292 g/mol. The molecule has 0 radical (unpaired) electrons. The van der Waals surface area contributed by atoms with Crippen LogP contribution >= 0.6 is 51.5 Å². The van der Waals surface area contributed by atoms with Crippen LogP contribution in [0.1, 0.15) is 4.88 Å². The molecule has 0 aliphatic heterocycles. The molecule has 0 aliphatic carbocycles. The molecular weight excluding hydrogens is 288 g/mol. The maximum Gasteiger partial charge on any atom is 0.0568 e. The van der Waals surface area contributed by atoms with E-state index in [9.17, 15) is 0 Å². The molecule has 1 heterocycles. The lowest BCUT2D eigenvalue weighted by Gasteiger charge is -1.95. The Kier molecular flexibility index (Phi) is 2.88. The van der Waals surface area contributed by atoms with Crippen molar-refractivity contribution in [3.63, 3.8) is 0 Å². The number of thiophene rings is 1. The van der Waals surface area contributed by atoms with Crippen molar-refractivity contribution < 1.29 is 0 Å². The lowest BCUT2D eigenvalue weighted by molar-refractivity contribution is 1.53. The topological polar surface area (TPSA) is 0 Å². The summed E-state index contributed by atoms with van der Waals surface area (Å²) in [6.45, 7) is 0. The fraction of sp³-hybridized carbons (Fsp3) is 0.111. The Morgan fingerprint density at radius 3 is 2.85 bits per heavy atom. The minimum Gasteiger partial charge on any atom is -0.142 e. The van der Waals surface area contributed by atoms with Crippen LogP contribution in [0, 0.1) is 0 Å². The van der Waals surface area contributed by atoms with Crippen LogP contribution in [-0.4, -0.2) is 0 Å². The van der Waals surface area contributed by atoms with E-state index in [-0.39, 0.29) is 0 Å². The predicted octanol–water partition coefficient (Wildman–Crippen LogP) is 4.69. The highest BCUT2D eigenvalue weighted by Crippen LogP contribution is 2.34. The van der Waals surface area contributed by atoms with Gasteiger partial charge in [0, 0.05) is 18.9 Å². The van der Waals surface area contributed by atoms with Crippen molar-refractivity contribution in [3.05, 3.63) is 27.5 Å². The first-order valence-corrected chi connectivity index (χ1v) is 6.26. The maximum atomic E-state index is 5.76. The summed E-state index contributed by atoms with van der Waals surface area (Å²) in [5.41, 5.74) is 0. The summed E-state index contributed by atoms with van der Waals surface area (Å²) in [6, 6.07) is 6.19. The molecule has 4 heteroatoms. The van der Waals surface area contributed by atoms with Crippen molar-refractivity contribution >= 4 is 61.6 Å². The summed E-state index contributed by atoms with van der Waals surface area (Å²) < 4.78 is 2.27. The van der Waals surface area contributed by atoms with Crippen LogP contribution in [0.2, 0.25) is 0 Å². The van der Waals surface area contributed by atoms with Gasteiger partial charge in [0.2, 0.25) is 0 Å². The second kappa shape index (κ2) is 3.81. The van der Waals surface area contributed by atoms with Gasteiger partial charge in [0.1, 0.15) is 0 Å². The van der Waals surface area contributed by atoms with Gasteiger partial charge in [-0.25, -0.2) is 0 Å². The number of alkyl halides is 1. The number of thiol groups is 1. The highest BCUT2D eigenvalue weighted by Gasteiger charge is 2.04. The van der Waals surface area contributed by atoms with Crippen LogP contribution in [0.25, 0.3) is 10.1 Å². The normalized spacial score (nSPS) is 11.0. The van der Waals surface area contributed by atoms with E-state index in [0.717, 1.165) is 9.37 Å². The van der Waals surface area contributed by atoms with Crippen molar-refractivity contribution in [2.45, 2.75) is 10.8 Å². The standard InChI is InChI=1S/C9H6BrClS2/c10-6-1-5-2-7(4-11)13-9(5)8(12)3-6/h1-3,12H,4H2. The highest BCUT2D eigenvalue weighted by atomic mass is 79.9. The largest absolute Gasteiger partial charge is 0.142 e. The average Bonchev–Trinajstić information content (AvgIpc) is 2.47. The lowest BCUT2D eigenvalue weighted by Crippen LogP contribution is -1.67. The van der Waals surface area contributed by atoms with E-state index in [0.29, 0.717) is 5.88 Å². The number of benzene rings is 1. The molecule has 0 unspecified atom stereocenters. The number of fused-ring (bicyclic) bond motifs is 1. The van der Waals surface area contributed by atoms with Gasteiger partial charge in [-0.15, -0.1) is 35.6 Å². The molecule has 0 saturated carbocycles. The van der Waals surface area contributed by atoms with Gasteiger partial charge >= 0.3 is 0 Å². The van der Waals surface area contributed by atoms with E-state index in [1.807, 2.05) is 6.07 Å². The summed E-state index contributed by atoms with van der Waals surface area (Å²) >= 11 is 15.3. The Labute approximate surface area is 99.4 Å². The molecule has 0 atom stereocenters. The molecule has 0 saturated heterocycles. The third-order valence-electron chi connectivity index (χ3n) is 1.74. The number of rotatable bonds is 1. The van der Waals surface area contributed by atoms with Gasteiger partial charge in [0.15, 0.2) is 0 Å². The van der Waals surface area contributed by atoms with Gasteiger partial charge in [0.05, 0.1) is 5.88 Å². The SMILES string of the molecule is Sc1cc(Br)cc2cc(CCl)sc12. The summed E-state index contributed by atoms with van der Waals surface area (Å²) in [7, 11) is 0. The molecular formula is C9H6BrClS2. The van der Waals surface area contributed by atoms with Gasteiger partial charge in [-0.1, -0.05) is 15.9 Å². The molecule has 68 valence electrons. The third kappa shape index (κ3) is 1.89. The molecule has 2 aromatic rings. The van der Waals surface area contributed by atoms with E-state index in [1.54, 1.807) is 11.3 Å². The first-order chi connectivity index (χ1) is 6.20. The summed E-state index contributed by atoms with van der Waals surface area (Å²) in [6.07, 6.45) is 0. The quantitative estimate of drug-likeness (QED) is 0.572. The first kappa shape index (κ1) is 9.84. The van der Waals surface area contributed by atoms with E-state index in [4.69, 9.17) is 11.6 Å². The molecule has 1 aromatic heterocycles. The van der Waals surface area contributed by atoms with Crippen LogP contribution in [0.4, 0.5) is 0 Å². The molecule has 2 rings (SSSR count). The minimum absolute atomic E-state index is 0.574. The molecule has 13 heavy (non-hydrogen) atoms. The number of hydrogen-bond donors (Lipinski definition) is 1. The smallest absolute Gasteiger partial charge is 0.0568 e. The summed E-state index contributed by atoms with van der Waals surface area (Å²) in [5, 5.41) is 1.21. The summed E-state index contributed by atoms with van der Waals surface area (Å²) in [4.78, 5) is 2.19. The predicted molar refractivity (Wildman–Crippen MR) is 66.3 cm³/mol. The van der Waals surface area contributed by atoms with Gasteiger partial charge in [-0.05, 0) is 23.6 Å². The number of halogens is 2. The fourth-order valence-corrected chi connectivity index (χ4v) is 3.42. The maximum absolute atomic E-state index is 5.76. The van der Waals surface area contributed by atoms with Gasteiger partial charge in [-0.3, -0.25) is 0 Å². The molecule has 0 aliphatic rings. The van der Waals surface area contributed by atoms with E-state index >= 15 is 0 Å². The first-order valence-electron chi connectivity index (χ1n) is 3.67. The molecule has 0 spiro atoms. The minimum atomic E-state index is 0.574. The van der Waals surface area contributed by atoms with Crippen molar-refractivity contribution in [3.8, 4) is 0 Å². The van der Waals surface area contributed by atoms with Crippen LogP contribution in [0.15, 0.2) is 27.6 Å². The molecule has 0 fully saturated rings. The van der Waals surface area contributed by atoms with Crippen LogP contribution in [0.3, 0.4) is 0 Å². The molecule has 0 N–H and O–H groups in total. The van der Waals surface area contributed by atoms with Crippen LogP contribution in [0.5, 0.6) is 0 Å². The third-order valence-corrected chi connectivity index (χ3v) is 4.34. The molecule has 0 bridgehead atoms. The van der Waals surface area contributed by atoms with E-state index in [1.165, 1.54) is 15.0 Å². The van der Waals surface area contributed by atoms with Gasteiger partial charge in [0.25, 0.3) is 0 Å². The van der Waals surface area contributed by atoms with Crippen LogP contribution < -0.4 is 0 Å².